The summed E-state index contributed by atoms with van der Waals surface area (Å²) < 4.78 is 18.5. The van der Waals surface area contributed by atoms with Crippen molar-refractivity contribution in [2.24, 2.45) is 4.99 Å². The Kier molecular flexibility index (Phi) is 4.02. The van der Waals surface area contributed by atoms with Gasteiger partial charge in [0.25, 0.3) is 0 Å². The molecule has 0 aromatic heterocycles. The van der Waals surface area contributed by atoms with Gasteiger partial charge in [-0.3, -0.25) is 4.99 Å². The van der Waals surface area contributed by atoms with Crippen LogP contribution in [0.25, 0.3) is 0 Å². The lowest BCUT2D eigenvalue weighted by Gasteiger charge is -2.05. The van der Waals surface area contributed by atoms with Gasteiger partial charge in [-0.2, -0.15) is 0 Å². The fourth-order valence-electron chi connectivity index (χ4n) is 1.53. The first kappa shape index (κ1) is 13.4. The summed E-state index contributed by atoms with van der Waals surface area (Å²) in [6, 6.07) is 9.16. The molecule has 1 N–H and O–H groups in total. The summed E-state index contributed by atoms with van der Waals surface area (Å²) >= 11 is 5.65. The van der Waals surface area contributed by atoms with Crippen molar-refractivity contribution >= 4 is 23.5 Å². The van der Waals surface area contributed by atoms with Gasteiger partial charge in [-0.25, -0.2) is 4.39 Å². The van der Waals surface area contributed by atoms with Gasteiger partial charge in [-0.15, -0.1) is 0 Å². The molecular weight excluding hydrogens is 269 g/mol. The molecule has 0 saturated heterocycles. The number of aromatic hydroxyl groups is 1. The van der Waals surface area contributed by atoms with Crippen LogP contribution in [-0.4, -0.2) is 18.4 Å². The summed E-state index contributed by atoms with van der Waals surface area (Å²) in [7, 11) is 1.45. The maximum atomic E-state index is 13.5. The average Bonchev–Trinajstić information content (AvgIpc) is 2.39. The Bertz CT molecular complexity index is 629. The van der Waals surface area contributed by atoms with E-state index in [0.29, 0.717) is 16.3 Å². The molecule has 0 fully saturated rings. The molecule has 2 aromatic rings. The summed E-state index contributed by atoms with van der Waals surface area (Å²) in [6.07, 6.45) is 1.37. The second-order valence-electron chi connectivity index (χ2n) is 3.75. The highest BCUT2D eigenvalue weighted by Crippen LogP contribution is 2.29. The van der Waals surface area contributed by atoms with Crippen molar-refractivity contribution in [1.29, 1.82) is 0 Å². The molecule has 0 aliphatic carbocycles. The minimum absolute atomic E-state index is 0.0388. The van der Waals surface area contributed by atoms with Crippen LogP contribution in [-0.2, 0) is 0 Å². The minimum atomic E-state index is -0.522. The van der Waals surface area contributed by atoms with E-state index < -0.39 is 5.82 Å². The number of phenolic OH excluding ortho intramolecular Hbond substituents is 1. The average molecular weight is 280 g/mol. The SMILES string of the molecule is COc1cccc(C=Nc2ccc(Cl)cc2F)c1O. The van der Waals surface area contributed by atoms with Gasteiger partial charge in [-0.1, -0.05) is 17.7 Å². The second-order valence-corrected chi connectivity index (χ2v) is 4.19. The van der Waals surface area contributed by atoms with Gasteiger partial charge in [0.2, 0.25) is 0 Å². The van der Waals surface area contributed by atoms with Gasteiger partial charge in [0.15, 0.2) is 11.5 Å². The number of hydrogen-bond donors (Lipinski definition) is 1. The van der Waals surface area contributed by atoms with Crippen LogP contribution in [0.1, 0.15) is 5.56 Å². The normalized spacial score (nSPS) is 10.9. The quantitative estimate of drug-likeness (QED) is 0.865. The van der Waals surface area contributed by atoms with E-state index in [1.165, 1.54) is 25.5 Å². The van der Waals surface area contributed by atoms with Crippen molar-refractivity contribution < 1.29 is 14.2 Å². The number of benzene rings is 2. The Balaban J connectivity index is 2.32. The number of nitrogens with zero attached hydrogens (tertiary/aromatic N) is 1. The smallest absolute Gasteiger partial charge is 0.166 e. The van der Waals surface area contributed by atoms with Crippen molar-refractivity contribution in [1.82, 2.24) is 0 Å². The molecule has 0 unspecified atom stereocenters. The van der Waals surface area contributed by atoms with E-state index in [-0.39, 0.29) is 11.4 Å². The van der Waals surface area contributed by atoms with E-state index in [1.807, 2.05) is 0 Å². The fourth-order valence-corrected chi connectivity index (χ4v) is 1.69. The first-order chi connectivity index (χ1) is 9.11. The highest BCUT2D eigenvalue weighted by atomic mass is 35.5. The number of para-hydroxylation sites is 1. The standard InChI is InChI=1S/C14H11ClFNO2/c1-19-13-4-2-3-9(14(13)18)8-17-12-6-5-10(15)7-11(12)16/h2-8,18H,1H3. The Morgan fingerprint density at radius 1 is 1.32 bits per heavy atom. The molecule has 19 heavy (non-hydrogen) atoms. The summed E-state index contributed by atoms with van der Waals surface area (Å²) in [5.41, 5.74) is 0.584. The Labute approximate surface area is 114 Å². The molecule has 0 heterocycles. The molecule has 2 aromatic carbocycles. The third kappa shape index (κ3) is 3.03. The fraction of sp³-hybridized carbons (Fsp3) is 0.0714. The molecule has 3 nitrogen and oxygen atoms in total. The number of rotatable bonds is 3. The van der Waals surface area contributed by atoms with Gasteiger partial charge in [0.1, 0.15) is 5.82 Å². The molecule has 0 bridgehead atoms. The van der Waals surface area contributed by atoms with Crippen molar-refractivity contribution in [3.8, 4) is 11.5 Å². The van der Waals surface area contributed by atoms with Crippen LogP contribution in [0.3, 0.4) is 0 Å². The molecule has 0 aliphatic rings. The molecule has 0 amide bonds. The monoisotopic (exact) mass is 279 g/mol. The predicted molar refractivity (Wildman–Crippen MR) is 73.3 cm³/mol. The summed E-state index contributed by atoms with van der Waals surface area (Å²) in [5.74, 6) is -0.227. The van der Waals surface area contributed by atoms with Gasteiger partial charge in [0.05, 0.1) is 12.8 Å². The molecular formula is C14H11ClFNO2. The molecule has 0 saturated carbocycles. The van der Waals surface area contributed by atoms with Crippen LogP contribution in [0.5, 0.6) is 11.5 Å². The van der Waals surface area contributed by atoms with Crippen LogP contribution >= 0.6 is 11.6 Å². The lowest BCUT2D eigenvalue weighted by molar-refractivity contribution is 0.373. The van der Waals surface area contributed by atoms with Gasteiger partial charge >= 0.3 is 0 Å². The third-order valence-corrected chi connectivity index (χ3v) is 2.74. The van der Waals surface area contributed by atoms with Crippen molar-refractivity contribution in [2.45, 2.75) is 0 Å². The molecule has 0 spiro atoms. The second kappa shape index (κ2) is 5.71. The maximum Gasteiger partial charge on any atom is 0.166 e. The first-order valence-corrected chi connectivity index (χ1v) is 5.84. The van der Waals surface area contributed by atoms with Gasteiger partial charge < -0.3 is 9.84 Å². The van der Waals surface area contributed by atoms with Crippen molar-refractivity contribution in [3.63, 3.8) is 0 Å². The van der Waals surface area contributed by atoms with E-state index in [4.69, 9.17) is 16.3 Å². The van der Waals surface area contributed by atoms with E-state index in [2.05, 4.69) is 4.99 Å². The zero-order valence-electron chi connectivity index (χ0n) is 10.1. The number of ether oxygens (including phenoxy) is 1. The van der Waals surface area contributed by atoms with Crippen LogP contribution in [0.4, 0.5) is 10.1 Å². The zero-order chi connectivity index (χ0) is 13.8. The predicted octanol–water partition coefficient (Wildman–Crippen LogP) is 3.94. The van der Waals surface area contributed by atoms with Crippen LogP contribution in [0.15, 0.2) is 41.4 Å². The highest BCUT2D eigenvalue weighted by molar-refractivity contribution is 6.30. The van der Waals surface area contributed by atoms with E-state index in [9.17, 15) is 9.50 Å². The zero-order valence-corrected chi connectivity index (χ0v) is 10.9. The van der Waals surface area contributed by atoms with E-state index >= 15 is 0 Å². The van der Waals surface area contributed by atoms with Crippen molar-refractivity contribution in [2.75, 3.05) is 7.11 Å². The molecule has 5 heteroatoms. The summed E-state index contributed by atoms with van der Waals surface area (Å²) in [4.78, 5) is 3.98. The number of hydrogen-bond acceptors (Lipinski definition) is 3. The molecule has 0 atom stereocenters. The van der Waals surface area contributed by atoms with Crippen molar-refractivity contribution in [3.05, 3.63) is 52.8 Å². The maximum absolute atomic E-state index is 13.5. The number of methoxy groups -OCH3 is 1. The minimum Gasteiger partial charge on any atom is -0.504 e. The molecule has 0 aliphatic heterocycles. The Morgan fingerprint density at radius 2 is 2.11 bits per heavy atom. The van der Waals surface area contributed by atoms with Crippen LogP contribution in [0, 0.1) is 5.82 Å². The Morgan fingerprint density at radius 3 is 2.79 bits per heavy atom. The third-order valence-electron chi connectivity index (χ3n) is 2.50. The van der Waals surface area contributed by atoms with Crippen LogP contribution < -0.4 is 4.74 Å². The largest absolute Gasteiger partial charge is 0.504 e. The molecule has 98 valence electrons. The Hall–Kier alpha value is -2.07. The molecule has 0 radical (unpaired) electrons. The number of phenols is 1. The van der Waals surface area contributed by atoms with Crippen LogP contribution in [0.2, 0.25) is 5.02 Å². The number of aliphatic imine (C=N–C) groups is 1. The first-order valence-electron chi connectivity index (χ1n) is 5.47. The van der Waals surface area contributed by atoms with Gasteiger partial charge in [0, 0.05) is 16.8 Å². The van der Waals surface area contributed by atoms with Gasteiger partial charge in [-0.05, 0) is 30.3 Å². The lowest BCUT2D eigenvalue weighted by Crippen LogP contribution is -1.88. The highest BCUT2D eigenvalue weighted by Gasteiger charge is 2.05. The summed E-state index contributed by atoms with van der Waals surface area (Å²) in [5, 5.41) is 10.2. The van der Waals surface area contributed by atoms with E-state index in [0.717, 1.165) is 0 Å². The summed E-state index contributed by atoms with van der Waals surface area (Å²) in [6.45, 7) is 0. The number of halogens is 2. The van der Waals surface area contributed by atoms with E-state index in [1.54, 1.807) is 24.3 Å². The lowest BCUT2D eigenvalue weighted by atomic mass is 10.2. The molecule has 2 rings (SSSR count). The topological polar surface area (TPSA) is 41.8 Å².